The van der Waals surface area contributed by atoms with Crippen molar-refractivity contribution in [2.45, 2.75) is 97.8 Å². The molecule has 0 radical (unpaired) electrons. The minimum atomic E-state index is -0.787. The molecule has 250 valence electrons. The molecule has 3 atom stereocenters. The molecule has 46 heavy (non-hydrogen) atoms. The SMILES string of the molecule is CCn1nc(Cc2ccc(OC(C)(C)C)cc2)cc1C1CCN(C[C@H]2CN([C@@H](C(=O)O)C(C)(C)C)C[C@@H]2c2cccc(F)c2)CC1. The van der Waals surface area contributed by atoms with E-state index in [1.807, 2.05) is 39.0 Å². The third-order valence-electron chi connectivity index (χ3n) is 9.56. The van der Waals surface area contributed by atoms with E-state index in [9.17, 15) is 14.3 Å². The van der Waals surface area contributed by atoms with Gasteiger partial charge in [0.2, 0.25) is 0 Å². The Morgan fingerprint density at radius 3 is 2.30 bits per heavy atom. The predicted molar refractivity (Wildman–Crippen MR) is 181 cm³/mol. The van der Waals surface area contributed by atoms with Gasteiger partial charge in [-0.05, 0) is 106 Å². The number of carboxylic acid groups (broad SMARTS) is 1. The van der Waals surface area contributed by atoms with Crippen LogP contribution in [0.2, 0.25) is 0 Å². The number of aliphatic carboxylic acids is 1. The summed E-state index contributed by atoms with van der Waals surface area (Å²) < 4.78 is 22.5. The molecule has 1 aromatic heterocycles. The summed E-state index contributed by atoms with van der Waals surface area (Å²) in [5.41, 5.74) is 3.98. The highest BCUT2D eigenvalue weighted by Gasteiger charge is 2.44. The lowest BCUT2D eigenvalue weighted by Crippen LogP contribution is -2.48. The van der Waals surface area contributed by atoms with E-state index in [-0.39, 0.29) is 23.3 Å². The van der Waals surface area contributed by atoms with Crippen LogP contribution >= 0.6 is 0 Å². The van der Waals surface area contributed by atoms with Gasteiger partial charge in [-0.15, -0.1) is 0 Å². The molecular weight excluding hydrogens is 579 g/mol. The summed E-state index contributed by atoms with van der Waals surface area (Å²) in [6.45, 7) is 19.3. The zero-order chi connectivity index (χ0) is 33.2. The molecule has 8 heteroatoms. The van der Waals surface area contributed by atoms with Crippen LogP contribution in [0.25, 0.3) is 0 Å². The quantitative estimate of drug-likeness (QED) is 0.255. The van der Waals surface area contributed by atoms with Crippen LogP contribution in [0.4, 0.5) is 4.39 Å². The number of benzene rings is 2. The third kappa shape index (κ3) is 8.37. The molecule has 2 aliphatic rings. The number of rotatable bonds is 10. The van der Waals surface area contributed by atoms with Crippen molar-refractivity contribution >= 4 is 5.97 Å². The maximum atomic E-state index is 14.3. The monoisotopic (exact) mass is 632 g/mol. The molecule has 0 amide bonds. The zero-order valence-electron chi connectivity index (χ0n) is 28.8. The van der Waals surface area contributed by atoms with Crippen LogP contribution < -0.4 is 4.74 Å². The normalized spacial score (nSPS) is 21.0. The average Bonchev–Trinajstić information content (AvgIpc) is 3.56. The predicted octanol–water partition coefficient (Wildman–Crippen LogP) is 7.20. The largest absolute Gasteiger partial charge is 0.488 e. The van der Waals surface area contributed by atoms with Gasteiger partial charge in [0.25, 0.3) is 0 Å². The number of aryl methyl sites for hydroxylation is 1. The molecule has 0 saturated carbocycles. The van der Waals surface area contributed by atoms with Crippen LogP contribution in [0.1, 0.15) is 95.7 Å². The number of hydrogen-bond donors (Lipinski definition) is 1. The smallest absolute Gasteiger partial charge is 0.321 e. The fraction of sp³-hybridized carbons (Fsp3) is 0.579. The van der Waals surface area contributed by atoms with E-state index in [0.717, 1.165) is 62.4 Å². The Balaban J connectivity index is 1.24. The van der Waals surface area contributed by atoms with Crippen molar-refractivity contribution in [1.29, 1.82) is 0 Å². The highest BCUT2D eigenvalue weighted by Crippen LogP contribution is 2.39. The number of likely N-dealkylation sites (tertiary alicyclic amines) is 2. The minimum absolute atomic E-state index is 0.0933. The summed E-state index contributed by atoms with van der Waals surface area (Å²) in [5.74, 6) is 0.638. The van der Waals surface area contributed by atoms with Crippen LogP contribution in [-0.4, -0.2) is 75.0 Å². The first-order chi connectivity index (χ1) is 21.7. The Morgan fingerprint density at radius 2 is 1.72 bits per heavy atom. The van der Waals surface area contributed by atoms with Gasteiger partial charge in [0.05, 0.1) is 5.69 Å². The Labute approximate surface area is 274 Å². The second-order valence-corrected chi connectivity index (χ2v) is 15.5. The van der Waals surface area contributed by atoms with E-state index in [1.54, 1.807) is 12.1 Å². The molecule has 7 nitrogen and oxygen atoms in total. The lowest BCUT2D eigenvalue weighted by atomic mass is 9.85. The van der Waals surface area contributed by atoms with Gasteiger partial charge in [-0.3, -0.25) is 14.4 Å². The molecule has 5 rings (SSSR count). The molecule has 0 aliphatic carbocycles. The van der Waals surface area contributed by atoms with E-state index in [0.29, 0.717) is 19.0 Å². The van der Waals surface area contributed by atoms with E-state index >= 15 is 0 Å². The second-order valence-electron chi connectivity index (χ2n) is 15.5. The van der Waals surface area contributed by atoms with Crippen molar-refractivity contribution in [3.63, 3.8) is 0 Å². The van der Waals surface area contributed by atoms with E-state index in [4.69, 9.17) is 9.84 Å². The highest BCUT2D eigenvalue weighted by molar-refractivity contribution is 5.74. The van der Waals surface area contributed by atoms with Crippen molar-refractivity contribution in [2.24, 2.45) is 11.3 Å². The summed E-state index contributed by atoms with van der Waals surface area (Å²) in [7, 11) is 0. The molecule has 3 heterocycles. The molecule has 2 fully saturated rings. The van der Waals surface area contributed by atoms with Crippen molar-refractivity contribution in [1.82, 2.24) is 19.6 Å². The zero-order valence-corrected chi connectivity index (χ0v) is 28.8. The number of carbonyl (C=O) groups is 1. The molecule has 2 aromatic carbocycles. The molecule has 0 unspecified atom stereocenters. The Kier molecular flexibility index (Phi) is 10.3. The summed E-state index contributed by atoms with van der Waals surface area (Å²) in [5, 5.41) is 15.1. The first-order valence-electron chi connectivity index (χ1n) is 17.0. The first-order valence-corrected chi connectivity index (χ1v) is 17.0. The minimum Gasteiger partial charge on any atom is -0.488 e. The average molecular weight is 633 g/mol. The number of nitrogens with zero attached hydrogens (tertiary/aromatic N) is 4. The summed E-state index contributed by atoms with van der Waals surface area (Å²) in [6, 6.07) is 17.0. The molecule has 0 spiro atoms. The third-order valence-corrected chi connectivity index (χ3v) is 9.56. The molecule has 2 aliphatic heterocycles. The van der Waals surface area contributed by atoms with Crippen LogP contribution in [0.3, 0.4) is 0 Å². The summed E-state index contributed by atoms with van der Waals surface area (Å²) in [6.07, 6.45) is 2.91. The van der Waals surface area contributed by atoms with Gasteiger partial charge in [-0.1, -0.05) is 45.0 Å². The van der Waals surface area contributed by atoms with E-state index < -0.39 is 17.4 Å². The standard InChI is InChI=1S/C38H53FN4O3/c1-8-43-34(22-31(40-43)20-26-12-14-32(15-13-26)46-38(5,6)7)27-16-18-41(19-17-27)23-29-24-42(35(36(44)45)37(2,3)4)25-33(29)28-10-9-11-30(39)21-28/h9-15,21-22,27,29,33,35H,8,16-20,23-25H2,1-7H3,(H,44,45)/t29-,33+,35-/m0/s1. The van der Waals surface area contributed by atoms with Crippen molar-refractivity contribution in [2.75, 3.05) is 32.7 Å². The number of ether oxygens (including phenoxy) is 1. The Hall–Kier alpha value is -3.23. The van der Waals surface area contributed by atoms with Gasteiger partial charge in [0.1, 0.15) is 23.2 Å². The Bertz CT molecular complexity index is 1460. The van der Waals surface area contributed by atoms with Crippen LogP contribution in [0, 0.1) is 17.2 Å². The van der Waals surface area contributed by atoms with Gasteiger partial charge < -0.3 is 14.7 Å². The number of aromatic nitrogens is 2. The van der Waals surface area contributed by atoms with Gasteiger partial charge in [-0.25, -0.2) is 4.39 Å². The van der Waals surface area contributed by atoms with Gasteiger partial charge in [0, 0.05) is 50.1 Å². The van der Waals surface area contributed by atoms with Crippen LogP contribution in [0.15, 0.2) is 54.6 Å². The number of hydrogen-bond acceptors (Lipinski definition) is 5. The van der Waals surface area contributed by atoms with Gasteiger partial charge in [0.15, 0.2) is 0 Å². The highest BCUT2D eigenvalue weighted by atomic mass is 19.1. The maximum Gasteiger partial charge on any atom is 0.321 e. The molecule has 0 bridgehead atoms. The number of carboxylic acids is 1. The van der Waals surface area contributed by atoms with Gasteiger partial charge in [-0.2, -0.15) is 5.10 Å². The molecule has 1 N–H and O–H groups in total. The number of halogens is 1. The summed E-state index contributed by atoms with van der Waals surface area (Å²) in [4.78, 5) is 17.1. The maximum absolute atomic E-state index is 14.3. The Morgan fingerprint density at radius 1 is 1.02 bits per heavy atom. The van der Waals surface area contributed by atoms with Crippen molar-refractivity contribution < 1.29 is 19.0 Å². The van der Waals surface area contributed by atoms with Crippen LogP contribution in [-0.2, 0) is 17.8 Å². The fourth-order valence-corrected chi connectivity index (χ4v) is 7.63. The van der Waals surface area contributed by atoms with E-state index in [2.05, 4.69) is 60.4 Å². The molecular formula is C38H53FN4O3. The van der Waals surface area contributed by atoms with Crippen LogP contribution in [0.5, 0.6) is 5.75 Å². The van der Waals surface area contributed by atoms with Crippen molar-refractivity contribution in [3.8, 4) is 5.75 Å². The summed E-state index contributed by atoms with van der Waals surface area (Å²) >= 11 is 0. The number of piperidine rings is 1. The van der Waals surface area contributed by atoms with E-state index in [1.165, 1.54) is 17.3 Å². The van der Waals surface area contributed by atoms with Crippen molar-refractivity contribution in [3.05, 3.63) is 82.9 Å². The fourth-order valence-electron chi connectivity index (χ4n) is 7.63. The second kappa shape index (κ2) is 13.9. The molecule has 2 saturated heterocycles. The molecule has 3 aromatic rings. The lowest BCUT2D eigenvalue weighted by Gasteiger charge is -2.36. The lowest BCUT2D eigenvalue weighted by molar-refractivity contribution is -0.147. The topological polar surface area (TPSA) is 70.8 Å². The first kappa shape index (κ1) is 34.1. The van der Waals surface area contributed by atoms with Gasteiger partial charge >= 0.3 is 5.97 Å².